The van der Waals surface area contributed by atoms with Crippen LogP contribution in [0.15, 0.2) is 36.7 Å². The van der Waals surface area contributed by atoms with Crippen LogP contribution < -0.4 is 4.74 Å². The maximum atomic E-state index is 9.10. The molecule has 0 spiro atoms. The molecule has 1 heterocycles. The third-order valence-electron chi connectivity index (χ3n) is 2.20. The van der Waals surface area contributed by atoms with Gasteiger partial charge in [0.05, 0.1) is 18.5 Å². The van der Waals surface area contributed by atoms with Crippen molar-refractivity contribution in [3.63, 3.8) is 0 Å². The van der Waals surface area contributed by atoms with Crippen molar-refractivity contribution in [3.8, 4) is 17.1 Å². The van der Waals surface area contributed by atoms with Crippen molar-refractivity contribution in [2.75, 3.05) is 6.61 Å². The maximum absolute atomic E-state index is 9.10. The highest BCUT2D eigenvalue weighted by atomic mass is 35.5. The summed E-state index contributed by atoms with van der Waals surface area (Å²) in [4.78, 5) is 8.38. The van der Waals surface area contributed by atoms with Crippen molar-refractivity contribution < 1.29 is 9.84 Å². The molecule has 0 saturated heterocycles. The van der Waals surface area contributed by atoms with Crippen LogP contribution in [0.3, 0.4) is 0 Å². The molecule has 18 heavy (non-hydrogen) atoms. The van der Waals surface area contributed by atoms with Gasteiger partial charge in [-0.3, -0.25) is 0 Å². The molecule has 1 aromatic heterocycles. The summed E-state index contributed by atoms with van der Waals surface area (Å²) in [5.41, 5.74) is 0.851. The van der Waals surface area contributed by atoms with Gasteiger partial charge in [-0.2, -0.15) is 0 Å². The molecule has 2 rings (SSSR count). The van der Waals surface area contributed by atoms with Crippen molar-refractivity contribution >= 4 is 11.6 Å². The predicted octanol–water partition coefficient (Wildman–Crippen LogP) is 2.56. The van der Waals surface area contributed by atoms with Crippen LogP contribution in [0.25, 0.3) is 11.4 Å². The fraction of sp³-hybridized carbons (Fsp3) is 0.231. The molecule has 0 saturated carbocycles. The number of aromatic nitrogens is 2. The molecule has 0 bridgehead atoms. The number of rotatable bonds is 4. The second-order valence-electron chi connectivity index (χ2n) is 3.91. The fourth-order valence-corrected chi connectivity index (χ4v) is 1.57. The Morgan fingerprint density at radius 3 is 2.67 bits per heavy atom. The zero-order chi connectivity index (χ0) is 13.0. The molecule has 0 aliphatic heterocycles. The van der Waals surface area contributed by atoms with Crippen LogP contribution in [0.1, 0.15) is 6.92 Å². The van der Waals surface area contributed by atoms with Gasteiger partial charge in [-0.25, -0.2) is 9.97 Å². The third kappa shape index (κ3) is 3.42. The van der Waals surface area contributed by atoms with E-state index in [1.165, 1.54) is 0 Å². The van der Waals surface area contributed by atoms with Gasteiger partial charge in [0.2, 0.25) is 0 Å². The Morgan fingerprint density at radius 2 is 2.06 bits per heavy atom. The molecular formula is C13H13ClN2O2. The molecule has 0 aliphatic rings. The highest BCUT2D eigenvalue weighted by Gasteiger charge is 2.03. The van der Waals surface area contributed by atoms with Crippen LogP contribution in [0.4, 0.5) is 0 Å². The highest BCUT2D eigenvalue weighted by molar-refractivity contribution is 6.30. The lowest BCUT2D eigenvalue weighted by molar-refractivity contribution is 0.122. The summed E-state index contributed by atoms with van der Waals surface area (Å²) < 4.78 is 5.28. The number of nitrogens with zero attached hydrogens (tertiary/aromatic N) is 2. The van der Waals surface area contributed by atoms with E-state index >= 15 is 0 Å². The molecule has 1 aromatic carbocycles. The quantitative estimate of drug-likeness (QED) is 0.922. The van der Waals surface area contributed by atoms with E-state index < -0.39 is 6.10 Å². The van der Waals surface area contributed by atoms with Crippen molar-refractivity contribution in [1.82, 2.24) is 9.97 Å². The van der Waals surface area contributed by atoms with Gasteiger partial charge >= 0.3 is 0 Å². The molecule has 4 nitrogen and oxygen atoms in total. The monoisotopic (exact) mass is 264 g/mol. The summed E-state index contributed by atoms with van der Waals surface area (Å²) in [6.45, 7) is 1.88. The number of halogens is 1. The van der Waals surface area contributed by atoms with Crippen LogP contribution >= 0.6 is 11.6 Å². The standard InChI is InChI=1S/C13H13ClN2O2/c1-9(17)8-18-12-6-15-13(16-7-12)10-3-2-4-11(14)5-10/h2-7,9,17H,8H2,1H3. The van der Waals surface area contributed by atoms with Gasteiger partial charge in [0.15, 0.2) is 11.6 Å². The number of ether oxygens (including phenoxy) is 1. The SMILES string of the molecule is CC(O)COc1cnc(-c2cccc(Cl)c2)nc1. The van der Waals surface area contributed by atoms with Crippen LogP contribution in [0.5, 0.6) is 5.75 Å². The van der Waals surface area contributed by atoms with E-state index in [4.69, 9.17) is 21.4 Å². The molecule has 0 radical (unpaired) electrons. The second kappa shape index (κ2) is 5.80. The lowest BCUT2D eigenvalue weighted by Crippen LogP contribution is -2.13. The highest BCUT2D eigenvalue weighted by Crippen LogP contribution is 2.20. The molecular weight excluding hydrogens is 252 g/mol. The van der Waals surface area contributed by atoms with Gasteiger partial charge in [0.25, 0.3) is 0 Å². The average molecular weight is 265 g/mol. The van der Waals surface area contributed by atoms with Gasteiger partial charge in [0, 0.05) is 10.6 Å². The summed E-state index contributed by atoms with van der Waals surface area (Å²) in [5.74, 6) is 1.11. The smallest absolute Gasteiger partial charge is 0.159 e. The van der Waals surface area contributed by atoms with E-state index in [2.05, 4.69) is 9.97 Å². The van der Waals surface area contributed by atoms with Gasteiger partial charge < -0.3 is 9.84 Å². The molecule has 94 valence electrons. The van der Waals surface area contributed by atoms with Gasteiger partial charge in [-0.1, -0.05) is 23.7 Å². The molecule has 1 N–H and O–H groups in total. The lowest BCUT2D eigenvalue weighted by Gasteiger charge is -2.07. The molecule has 0 fully saturated rings. The second-order valence-corrected chi connectivity index (χ2v) is 4.35. The van der Waals surface area contributed by atoms with E-state index in [1.807, 2.05) is 12.1 Å². The Balaban J connectivity index is 2.12. The van der Waals surface area contributed by atoms with Crippen molar-refractivity contribution in [1.29, 1.82) is 0 Å². The van der Waals surface area contributed by atoms with Crippen molar-refractivity contribution in [2.24, 2.45) is 0 Å². The first-order chi connectivity index (χ1) is 8.65. The van der Waals surface area contributed by atoms with Gasteiger partial charge in [-0.05, 0) is 19.1 Å². The molecule has 5 heteroatoms. The summed E-state index contributed by atoms with van der Waals surface area (Å²) in [6, 6.07) is 7.33. The lowest BCUT2D eigenvalue weighted by atomic mass is 10.2. The minimum Gasteiger partial charge on any atom is -0.488 e. The Bertz CT molecular complexity index is 515. The first-order valence-electron chi connectivity index (χ1n) is 5.54. The van der Waals surface area contributed by atoms with Crippen LogP contribution in [0, 0.1) is 0 Å². The Labute approximate surface area is 110 Å². The summed E-state index contributed by atoms with van der Waals surface area (Å²) in [6.07, 6.45) is 2.63. The Morgan fingerprint density at radius 1 is 1.33 bits per heavy atom. The minimum atomic E-state index is -0.516. The summed E-state index contributed by atoms with van der Waals surface area (Å²) in [5, 5.41) is 9.74. The number of hydrogen-bond donors (Lipinski definition) is 1. The third-order valence-corrected chi connectivity index (χ3v) is 2.44. The first kappa shape index (κ1) is 12.8. The Kier molecular flexibility index (Phi) is 4.12. The van der Waals surface area contributed by atoms with Crippen molar-refractivity contribution in [2.45, 2.75) is 13.0 Å². The van der Waals surface area contributed by atoms with E-state index in [0.717, 1.165) is 5.56 Å². The van der Waals surface area contributed by atoms with E-state index in [0.29, 0.717) is 16.6 Å². The maximum Gasteiger partial charge on any atom is 0.159 e. The van der Waals surface area contributed by atoms with E-state index in [1.54, 1.807) is 31.5 Å². The Hall–Kier alpha value is -1.65. The number of hydrogen-bond acceptors (Lipinski definition) is 4. The van der Waals surface area contributed by atoms with E-state index in [9.17, 15) is 0 Å². The average Bonchev–Trinajstić information content (AvgIpc) is 2.37. The minimum absolute atomic E-state index is 0.222. The predicted molar refractivity (Wildman–Crippen MR) is 69.7 cm³/mol. The van der Waals surface area contributed by atoms with Crippen LogP contribution in [-0.4, -0.2) is 27.8 Å². The summed E-state index contributed by atoms with van der Waals surface area (Å²) >= 11 is 5.90. The molecule has 2 aromatic rings. The first-order valence-corrected chi connectivity index (χ1v) is 5.92. The van der Waals surface area contributed by atoms with Crippen LogP contribution in [0.2, 0.25) is 5.02 Å². The molecule has 1 unspecified atom stereocenters. The van der Waals surface area contributed by atoms with Gasteiger partial charge in [0.1, 0.15) is 6.61 Å². The molecule has 1 atom stereocenters. The normalized spacial score (nSPS) is 12.2. The summed E-state index contributed by atoms with van der Waals surface area (Å²) in [7, 11) is 0. The van der Waals surface area contributed by atoms with E-state index in [-0.39, 0.29) is 6.61 Å². The number of aliphatic hydroxyl groups is 1. The largest absolute Gasteiger partial charge is 0.488 e. The fourth-order valence-electron chi connectivity index (χ4n) is 1.38. The topological polar surface area (TPSA) is 55.2 Å². The number of benzene rings is 1. The zero-order valence-electron chi connectivity index (χ0n) is 9.88. The van der Waals surface area contributed by atoms with Gasteiger partial charge in [-0.15, -0.1) is 0 Å². The number of aliphatic hydroxyl groups excluding tert-OH is 1. The molecule has 0 amide bonds. The van der Waals surface area contributed by atoms with Crippen LogP contribution in [-0.2, 0) is 0 Å². The zero-order valence-corrected chi connectivity index (χ0v) is 10.6. The molecule has 0 aliphatic carbocycles. The van der Waals surface area contributed by atoms with Crippen molar-refractivity contribution in [3.05, 3.63) is 41.7 Å².